The van der Waals surface area contributed by atoms with Crippen molar-refractivity contribution in [2.24, 2.45) is 0 Å². The molecule has 76 valence electrons. The van der Waals surface area contributed by atoms with Crippen molar-refractivity contribution in [3.05, 3.63) is 45.7 Å². The van der Waals surface area contributed by atoms with Gasteiger partial charge in [-0.1, -0.05) is 0 Å². The molecule has 15 heavy (non-hydrogen) atoms. The molecule has 0 bridgehead atoms. The molecule has 0 saturated heterocycles. The fourth-order valence-corrected chi connectivity index (χ4v) is 2.25. The predicted molar refractivity (Wildman–Crippen MR) is 59.3 cm³/mol. The molecule has 0 fully saturated rings. The Morgan fingerprint density at radius 1 is 1.40 bits per heavy atom. The number of hydrogen-bond donors (Lipinski definition) is 0. The first-order valence-corrected chi connectivity index (χ1v) is 5.39. The molecule has 2 heterocycles. The van der Waals surface area contributed by atoms with Crippen LogP contribution in [0.3, 0.4) is 0 Å². The summed E-state index contributed by atoms with van der Waals surface area (Å²) in [5.41, 5.74) is 1.41. The molecule has 0 saturated carbocycles. The van der Waals surface area contributed by atoms with Gasteiger partial charge in [0.15, 0.2) is 0 Å². The molecule has 3 nitrogen and oxygen atoms in total. The number of aryl methyl sites for hydroxylation is 2. The van der Waals surface area contributed by atoms with Crippen LogP contribution < -0.4 is 0 Å². The Bertz CT molecular complexity index is 491. The average Bonchev–Trinajstić information content (AvgIpc) is 2.58. The van der Waals surface area contributed by atoms with Gasteiger partial charge in [0.2, 0.25) is 5.78 Å². The van der Waals surface area contributed by atoms with Gasteiger partial charge in [-0.25, -0.2) is 4.98 Å². The maximum absolute atomic E-state index is 12.0. The van der Waals surface area contributed by atoms with Gasteiger partial charge in [-0.05, 0) is 26.0 Å². The third-order valence-electron chi connectivity index (χ3n) is 2.03. The Morgan fingerprint density at radius 2 is 2.20 bits per heavy atom. The Balaban J connectivity index is 2.41. The van der Waals surface area contributed by atoms with Crippen LogP contribution in [0.1, 0.15) is 25.9 Å². The normalized spacial score (nSPS) is 10.3. The smallest absolute Gasteiger partial charge is 0.206 e. The predicted octanol–water partition coefficient (Wildman–Crippen LogP) is 2.39. The minimum absolute atomic E-state index is 0.00574. The summed E-state index contributed by atoms with van der Waals surface area (Å²) >= 11 is 1.43. The molecule has 0 radical (unpaired) electrons. The summed E-state index contributed by atoms with van der Waals surface area (Å²) in [6.07, 6.45) is 3.23. The number of thiazole rings is 1. The molecule has 0 unspecified atom stereocenters. The number of pyridine rings is 1. The van der Waals surface area contributed by atoms with E-state index in [1.165, 1.54) is 11.3 Å². The highest BCUT2D eigenvalue weighted by atomic mass is 32.1. The van der Waals surface area contributed by atoms with Crippen molar-refractivity contribution in [2.75, 3.05) is 0 Å². The fraction of sp³-hybridized carbons (Fsp3) is 0.182. The lowest BCUT2D eigenvalue weighted by molar-refractivity contribution is 0.104. The van der Waals surface area contributed by atoms with Crippen molar-refractivity contribution in [2.45, 2.75) is 13.8 Å². The number of aromatic nitrogens is 2. The van der Waals surface area contributed by atoms with Crippen LogP contribution >= 0.6 is 11.3 Å². The molecule has 2 aromatic heterocycles. The van der Waals surface area contributed by atoms with Crippen LogP contribution in [0.25, 0.3) is 0 Å². The van der Waals surface area contributed by atoms with Crippen LogP contribution in [0.15, 0.2) is 24.5 Å². The number of nitrogens with zero attached hydrogens (tertiary/aromatic N) is 2. The third kappa shape index (κ3) is 1.94. The van der Waals surface area contributed by atoms with Crippen LogP contribution in [0, 0.1) is 13.8 Å². The van der Waals surface area contributed by atoms with Gasteiger partial charge < -0.3 is 0 Å². The van der Waals surface area contributed by atoms with E-state index in [9.17, 15) is 4.79 Å². The van der Waals surface area contributed by atoms with Crippen LogP contribution in [-0.4, -0.2) is 15.8 Å². The Hall–Kier alpha value is -1.55. The summed E-state index contributed by atoms with van der Waals surface area (Å²) in [4.78, 5) is 20.9. The monoisotopic (exact) mass is 218 g/mol. The van der Waals surface area contributed by atoms with Crippen molar-refractivity contribution < 1.29 is 4.79 Å². The highest BCUT2D eigenvalue weighted by molar-refractivity contribution is 7.14. The van der Waals surface area contributed by atoms with Gasteiger partial charge >= 0.3 is 0 Å². The van der Waals surface area contributed by atoms with E-state index < -0.39 is 0 Å². The SMILES string of the molecule is Cc1nc(C)c(C(=O)c2cccnc2)s1. The first-order valence-electron chi connectivity index (χ1n) is 4.57. The second kappa shape index (κ2) is 3.90. The van der Waals surface area contributed by atoms with Crippen molar-refractivity contribution in [3.63, 3.8) is 0 Å². The average molecular weight is 218 g/mol. The Kier molecular flexibility index (Phi) is 2.60. The van der Waals surface area contributed by atoms with E-state index in [1.54, 1.807) is 24.5 Å². The molecule has 4 heteroatoms. The molecule has 0 aliphatic carbocycles. The number of ketones is 1. The van der Waals surface area contributed by atoms with Crippen molar-refractivity contribution in [3.8, 4) is 0 Å². The first kappa shape index (κ1) is 9.98. The van der Waals surface area contributed by atoms with Crippen LogP contribution in [-0.2, 0) is 0 Å². The lowest BCUT2D eigenvalue weighted by Gasteiger charge is -1.96. The summed E-state index contributed by atoms with van der Waals surface area (Å²) in [5.74, 6) is 0.00574. The van der Waals surface area contributed by atoms with Gasteiger partial charge in [-0.2, -0.15) is 0 Å². The number of rotatable bonds is 2. The van der Waals surface area contributed by atoms with Gasteiger partial charge in [0.05, 0.1) is 15.6 Å². The molecule has 2 rings (SSSR count). The third-order valence-corrected chi connectivity index (χ3v) is 3.11. The highest BCUT2D eigenvalue weighted by Crippen LogP contribution is 2.20. The van der Waals surface area contributed by atoms with E-state index in [-0.39, 0.29) is 5.78 Å². The van der Waals surface area contributed by atoms with Gasteiger partial charge in [0.1, 0.15) is 0 Å². The minimum atomic E-state index is 0.00574. The zero-order valence-corrected chi connectivity index (χ0v) is 9.34. The van der Waals surface area contributed by atoms with Crippen LogP contribution in [0.5, 0.6) is 0 Å². The standard InChI is InChI=1S/C11H10N2OS/c1-7-11(15-8(2)13-7)10(14)9-4-3-5-12-6-9/h3-6H,1-2H3. The van der Waals surface area contributed by atoms with Gasteiger partial charge in [0.25, 0.3) is 0 Å². The summed E-state index contributed by atoms with van der Waals surface area (Å²) in [5, 5.41) is 0.916. The molecular weight excluding hydrogens is 208 g/mol. The molecule has 0 amide bonds. The number of carbonyl (C=O) groups is 1. The molecule has 0 spiro atoms. The van der Waals surface area contributed by atoms with Crippen LogP contribution in [0.4, 0.5) is 0 Å². The van der Waals surface area contributed by atoms with E-state index in [1.807, 2.05) is 13.8 Å². The van der Waals surface area contributed by atoms with Gasteiger partial charge in [0, 0.05) is 18.0 Å². The van der Waals surface area contributed by atoms with Crippen molar-refractivity contribution >= 4 is 17.1 Å². The zero-order chi connectivity index (χ0) is 10.8. The molecule has 0 aromatic carbocycles. The Morgan fingerprint density at radius 3 is 2.73 bits per heavy atom. The summed E-state index contributed by atoms with van der Waals surface area (Å²) in [6, 6.07) is 3.53. The number of hydrogen-bond acceptors (Lipinski definition) is 4. The van der Waals surface area contributed by atoms with E-state index in [2.05, 4.69) is 9.97 Å². The Labute approximate surface area is 91.8 Å². The van der Waals surface area contributed by atoms with Crippen LogP contribution in [0.2, 0.25) is 0 Å². The molecule has 0 aliphatic heterocycles. The second-order valence-electron chi connectivity index (χ2n) is 3.22. The minimum Gasteiger partial charge on any atom is -0.288 e. The van der Waals surface area contributed by atoms with Gasteiger partial charge in [-0.15, -0.1) is 11.3 Å². The number of carbonyl (C=O) groups excluding carboxylic acids is 1. The molecule has 0 N–H and O–H groups in total. The summed E-state index contributed by atoms with van der Waals surface area (Å²) < 4.78 is 0. The first-order chi connectivity index (χ1) is 7.18. The largest absolute Gasteiger partial charge is 0.288 e. The maximum atomic E-state index is 12.0. The molecule has 0 aliphatic rings. The lowest BCUT2D eigenvalue weighted by atomic mass is 10.1. The fourth-order valence-electron chi connectivity index (χ4n) is 1.37. The summed E-state index contributed by atoms with van der Waals surface area (Å²) in [7, 11) is 0. The van der Waals surface area contributed by atoms with E-state index in [0.29, 0.717) is 10.4 Å². The quantitative estimate of drug-likeness (QED) is 0.727. The van der Waals surface area contributed by atoms with Gasteiger partial charge in [-0.3, -0.25) is 9.78 Å². The zero-order valence-electron chi connectivity index (χ0n) is 8.52. The molecule has 0 atom stereocenters. The van der Waals surface area contributed by atoms with Crippen molar-refractivity contribution in [1.82, 2.24) is 9.97 Å². The molecule has 2 aromatic rings. The lowest BCUT2D eigenvalue weighted by Crippen LogP contribution is -2.00. The van der Waals surface area contributed by atoms with E-state index in [0.717, 1.165) is 10.7 Å². The maximum Gasteiger partial charge on any atom is 0.206 e. The van der Waals surface area contributed by atoms with E-state index >= 15 is 0 Å². The van der Waals surface area contributed by atoms with E-state index in [4.69, 9.17) is 0 Å². The topological polar surface area (TPSA) is 42.9 Å². The molecular formula is C11H10N2OS. The summed E-state index contributed by atoms with van der Waals surface area (Å²) in [6.45, 7) is 3.75. The highest BCUT2D eigenvalue weighted by Gasteiger charge is 2.15. The van der Waals surface area contributed by atoms with Crippen molar-refractivity contribution in [1.29, 1.82) is 0 Å². The second-order valence-corrected chi connectivity index (χ2v) is 4.42.